The summed E-state index contributed by atoms with van der Waals surface area (Å²) in [7, 11) is 0. The van der Waals surface area contributed by atoms with Crippen LogP contribution in [-0.2, 0) is 4.74 Å². The summed E-state index contributed by atoms with van der Waals surface area (Å²) >= 11 is 0. The number of aromatic nitrogens is 4. The van der Waals surface area contributed by atoms with Gasteiger partial charge in [-0.2, -0.15) is 9.78 Å². The molecule has 0 fully saturated rings. The minimum absolute atomic E-state index is 0.0803. The van der Waals surface area contributed by atoms with Crippen LogP contribution in [0.15, 0.2) is 30.3 Å². The maximum atomic E-state index is 11.7. The fraction of sp³-hybridized carbons (Fsp3) is 0.133. The fourth-order valence-corrected chi connectivity index (χ4v) is 2.09. The van der Waals surface area contributed by atoms with Crippen molar-refractivity contribution in [3.8, 4) is 17.3 Å². The van der Waals surface area contributed by atoms with Gasteiger partial charge >= 0.3 is 5.97 Å². The zero-order valence-electron chi connectivity index (χ0n) is 12.2. The van der Waals surface area contributed by atoms with E-state index < -0.39 is 5.97 Å². The SMILES string of the molecule is CCOC(=O)c1nc2cc(-c3cccc(C#N)c3)nc(N)n2n1. The topological polar surface area (TPSA) is 119 Å². The number of nitrogens with two attached hydrogens (primary N) is 1. The third-order valence-corrected chi connectivity index (χ3v) is 3.10. The number of nitriles is 1. The second kappa shape index (κ2) is 5.73. The molecule has 2 heterocycles. The van der Waals surface area contributed by atoms with Crippen molar-refractivity contribution in [2.75, 3.05) is 12.3 Å². The van der Waals surface area contributed by atoms with Gasteiger partial charge in [0.2, 0.25) is 5.95 Å². The molecule has 2 aromatic heterocycles. The lowest BCUT2D eigenvalue weighted by Gasteiger charge is -2.03. The standard InChI is InChI=1S/C15H12N6O2/c1-2-23-14(22)13-19-12-7-11(18-15(17)21(12)20-13)10-5-3-4-9(6-10)8-16/h3-7H,2H2,1H3,(H2,17,18). The van der Waals surface area contributed by atoms with Crippen LogP contribution in [0.3, 0.4) is 0 Å². The van der Waals surface area contributed by atoms with Gasteiger partial charge in [-0.1, -0.05) is 12.1 Å². The van der Waals surface area contributed by atoms with Gasteiger partial charge in [-0.05, 0) is 19.1 Å². The number of nitrogen functional groups attached to an aromatic ring is 1. The number of fused-ring (bicyclic) bond motifs is 1. The summed E-state index contributed by atoms with van der Waals surface area (Å²) in [6.07, 6.45) is 0. The molecule has 0 saturated heterocycles. The lowest BCUT2D eigenvalue weighted by atomic mass is 10.1. The molecule has 0 aliphatic carbocycles. The number of hydrogen-bond acceptors (Lipinski definition) is 7. The zero-order valence-corrected chi connectivity index (χ0v) is 12.2. The maximum absolute atomic E-state index is 11.7. The zero-order chi connectivity index (χ0) is 16.4. The van der Waals surface area contributed by atoms with Gasteiger partial charge in [-0.15, -0.1) is 5.10 Å². The molecule has 3 aromatic rings. The van der Waals surface area contributed by atoms with Gasteiger partial charge in [0, 0.05) is 11.6 Å². The van der Waals surface area contributed by atoms with E-state index >= 15 is 0 Å². The van der Waals surface area contributed by atoms with Crippen LogP contribution < -0.4 is 5.73 Å². The van der Waals surface area contributed by atoms with E-state index in [2.05, 4.69) is 21.1 Å². The quantitative estimate of drug-likeness (QED) is 0.726. The number of carbonyl (C=O) groups excluding carboxylic acids is 1. The highest BCUT2D eigenvalue weighted by molar-refractivity contribution is 5.86. The Morgan fingerprint density at radius 3 is 2.96 bits per heavy atom. The summed E-state index contributed by atoms with van der Waals surface area (Å²) in [5.74, 6) is -0.616. The lowest BCUT2D eigenvalue weighted by Crippen LogP contribution is -2.08. The van der Waals surface area contributed by atoms with Gasteiger partial charge in [0.25, 0.3) is 5.82 Å². The fourth-order valence-electron chi connectivity index (χ4n) is 2.09. The Labute approximate surface area is 131 Å². The van der Waals surface area contributed by atoms with Crippen LogP contribution in [0, 0.1) is 11.3 Å². The lowest BCUT2D eigenvalue weighted by molar-refractivity contribution is 0.0512. The Bertz CT molecular complexity index is 941. The van der Waals surface area contributed by atoms with Crippen molar-refractivity contribution in [3.63, 3.8) is 0 Å². The van der Waals surface area contributed by atoms with Crippen molar-refractivity contribution in [1.29, 1.82) is 5.26 Å². The van der Waals surface area contributed by atoms with E-state index in [1.165, 1.54) is 4.52 Å². The molecule has 0 unspecified atom stereocenters. The third-order valence-electron chi connectivity index (χ3n) is 3.10. The first-order valence-electron chi connectivity index (χ1n) is 6.83. The van der Waals surface area contributed by atoms with Crippen molar-refractivity contribution < 1.29 is 9.53 Å². The van der Waals surface area contributed by atoms with Crippen LogP contribution in [-0.4, -0.2) is 32.2 Å². The summed E-state index contributed by atoms with van der Waals surface area (Å²) in [6.45, 7) is 1.93. The average Bonchev–Trinajstić information content (AvgIpc) is 3.00. The molecular formula is C15H12N6O2. The molecule has 0 radical (unpaired) electrons. The molecule has 2 N–H and O–H groups in total. The highest BCUT2D eigenvalue weighted by Gasteiger charge is 2.16. The van der Waals surface area contributed by atoms with Gasteiger partial charge in [0.05, 0.1) is 23.9 Å². The first-order chi connectivity index (χ1) is 11.1. The molecule has 0 spiro atoms. The molecule has 114 valence electrons. The maximum Gasteiger partial charge on any atom is 0.378 e. The smallest absolute Gasteiger partial charge is 0.378 e. The molecule has 8 heteroatoms. The van der Waals surface area contributed by atoms with Crippen LogP contribution >= 0.6 is 0 Å². The molecule has 0 aliphatic rings. The van der Waals surface area contributed by atoms with Crippen LogP contribution in [0.4, 0.5) is 5.95 Å². The van der Waals surface area contributed by atoms with Gasteiger partial charge in [0.15, 0.2) is 5.65 Å². The van der Waals surface area contributed by atoms with Crippen LogP contribution in [0.25, 0.3) is 16.9 Å². The Hall–Kier alpha value is -3.47. The number of hydrogen-bond donors (Lipinski definition) is 1. The van der Waals surface area contributed by atoms with Gasteiger partial charge < -0.3 is 10.5 Å². The Morgan fingerprint density at radius 1 is 1.39 bits per heavy atom. The Morgan fingerprint density at radius 2 is 2.22 bits per heavy atom. The molecule has 0 aliphatic heterocycles. The van der Waals surface area contributed by atoms with Crippen molar-refractivity contribution in [2.45, 2.75) is 6.92 Å². The number of benzene rings is 1. The third kappa shape index (κ3) is 2.67. The summed E-state index contributed by atoms with van der Waals surface area (Å²) in [5, 5.41) is 13.0. The summed E-state index contributed by atoms with van der Waals surface area (Å²) in [6, 6.07) is 10.7. The summed E-state index contributed by atoms with van der Waals surface area (Å²) in [4.78, 5) is 20.1. The molecule has 0 bridgehead atoms. The van der Waals surface area contributed by atoms with Gasteiger partial charge in [0.1, 0.15) is 0 Å². The number of anilines is 1. The van der Waals surface area contributed by atoms with E-state index in [9.17, 15) is 4.79 Å². The van der Waals surface area contributed by atoms with Crippen LogP contribution in [0.5, 0.6) is 0 Å². The predicted octanol–water partition coefficient (Wildman–Crippen LogP) is 1.42. The summed E-state index contributed by atoms with van der Waals surface area (Å²) in [5.41, 5.74) is 8.03. The van der Waals surface area contributed by atoms with E-state index in [4.69, 9.17) is 15.7 Å². The van der Waals surface area contributed by atoms with E-state index in [1.807, 2.05) is 6.07 Å². The molecule has 8 nitrogen and oxygen atoms in total. The molecular weight excluding hydrogens is 296 g/mol. The molecule has 0 amide bonds. The molecule has 0 saturated carbocycles. The largest absolute Gasteiger partial charge is 0.460 e. The number of esters is 1. The Kier molecular flexibility index (Phi) is 3.60. The monoisotopic (exact) mass is 308 g/mol. The van der Waals surface area contributed by atoms with E-state index in [1.54, 1.807) is 31.2 Å². The number of carbonyl (C=O) groups is 1. The Balaban J connectivity index is 2.10. The van der Waals surface area contributed by atoms with Gasteiger partial charge in [-0.3, -0.25) is 0 Å². The van der Waals surface area contributed by atoms with Crippen LogP contribution in [0.1, 0.15) is 23.1 Å². The van der Waals surface area contributed by atoms with Crippen molar-refractivity contribution in [2.24, 2.45) is 0 Å². The van der Waals surface area contributed by atoms with E-state index in [0.717, 1.165) is 5.56 Å². The van der Waals surface area contributed by atoms with Crippen LogP contribution in [0.2, 0.25) is 0 Å². The van der Waals surface area contributed by atoms with Gasteiger partial charge in [-0.25, -0.2) is 14.8 Å². The minimum atomic E-state index is -0.622. The first kappa shape index (κ1) is 14.5. The first-order valence-corrected chi connectivity index (χ1v) is 6.83. The predicted molar refractivity (Wildman–Crippen MR) is 81.3 cm³/mol. The number of ether oxygens (including phenoxy) is 1. The molecule has 1 aromatic carbocycles. The van der Waals surface area contributed by atoms with Crippen molar-refractivity contribution in [1.82, 2.24) is 19.6 Å². The molecule has 23 heavy (non-hydrogen) atoms. The number of nitrogens with zero attached hydrogens (tertiary/aromatic N) is 5. The van der Waals surface area contributed by atoms with E-state index in [-0.39, 0.29) is 18.4 Å². The number of rotatable bonds is 3. The second-order valence-corrected chi connectivity index (χ2v) is 4.62. The summed E-state index contributed by atoms with van der Waals surface area (Å²) < 4.78 is 6.14. The highest BCUT2D eigenvalue weighted by Crippen LogP contribution is 2.21. The average molecular weight is 308 g/mol. The molecule has 0 atom stereocenters. The van der Waals surface area contributed by atoms with Crippen molar-refractivity contribution >= 4 is 17.6 Å². The highest BCUT2D eigenvalue weighted by atomic mass is 16.5. The van der Waals surface area contributed by atoms with Crippen molar-refractivity contribution in [3.05, 3.63) is 41.7 Å². The normalized spacial score (nSPS) is 10.4. The minimum Gasteiger partial charge on any atom is -0.460 e. The van der Waals surface area contributed by atoms with E-state index in [0.29, 0.717) is 16.9 Å². The second-order valence-electron chi connectivity index (χ2n) is 4.62. The molecule has 3 rings (SSSR count).